The minimum Gasteiger partial charge on any atom is -0.450 e. The monoisotopic (exact) mass is 258 g/mol. The summed E-state index contributed by atoms with van der Waals surface area (Å²) in [7, 11) is 0. The van der Waals surface area contributed by atoms with E-state index < -0.39 is 23.6 Å². The lowest BCUT2D eigenvalue weighted by Gasteiger charge is -2.07. The van der Waals surface area contributed by atoms with E-state index in [0.717, 1.165) is 12.1 Å². The van der Waals surface area contributed by atoms with Gasteiger partial charge in [-0.1, -0.05) is 0 Å². The van der Waals surface area contributed by atoms with Gasteiger partial charge >= 0.3 is 6.09 Å². The van der Waals surface area contributed by atoms with E-state index in [1.807, 2.05) is 0 Å². The third-order valence-electron chi connectivity index (χ3n) is 1.87. The van der Waals surface area contributed by atoms with Crippen molar-refractivity contribution in [2.45, 2.75) is 6.92 Å². The fourth-order valence-corrected chi connectivity index (χ4v) is 1.12. The maximum Gasteiger partial charge on any atom is 0.407 e. The van der Waals surface area contributed by atoms with Crippen LogP contribution in [0.3, 0.4) is 0 Å². The highest BCUT2D eigenvalue weighted by Crippen LogP contribution is 2.14. The molecular formula is C11H12F2N2O3. The minimum absolute atomic E-state index is 0.160. The Labute approximate surface area is 102 Å². The molecule has 0 saturated heterocycles. The van der Waals surface area contributed by atoms with Gasteiger partial charge in [0.15, 0.2) is 0 Å². The van der Waals surface area contributed by atoms with Crippen LogP contribution in [0, 0.1) is 11.6 Å². The molecule has 0 atom stereocenters. The van der Waals surface area contributed by atoms with Crippen molar-refractivity contribution in [3.63, 3.8) is 0 Å². The zero-order chi connectivity index (χ0) is 13.5. The predicted octanol–water partition coefficient (Wildman–Crippen LogP) is 1.65. The van der Waals surface area contributed by atoms with Crippen molar-refractivity contribution >= 4 is 17.7 Å². The lowest BCUT2D eigenvalue weighted by molar-refractivity contribution is -0.115. The van der Waals surface area contributed by atoms with Crippen molar-refractivity contribution in [3.05, 3.63) is 29.8 Å². The van der Waals surface area contributed by atoms with Crippen LogP contribution >= 0.6 is 0 Å². The van der Waals surface area contributed by atoms with Crippen molar-refractivity contribution in [2.75, 3.05) is 18.5 Å². The molecule has 0 unspecified atom stereocenters. The molecule has 18 heavy (non-hydrogen) atoms. The molecule has 0 spiro atoms. The molecular weight excluding hydrogens is 246 g/mol. The van der Waals surface area contributed by atoms with Crippen LogP contribution in [0.5, 0.6) is 0 Å². The summed E-state index contributed by atoms with van der Waals surface area (Å²) in [5, 5.41) is 4.35. The highest BCUT2D eigenvalue weighted by atomic mass is 19.1. The molecule has 98 valence electrons. The summed E-state index contributed by atoms with van der Waals surface area (Å²) < 4.78 is 30.3. The van der Waals surface area contributed by atoms with Gasteiger partial charge < -0.3 is 15.4 Å². The number of anilines is 1. The number of ether oxygens (including phenoxy) is 1. The van der Waals surface area contributed by atoms with E-state index in [1.165, 1.54) is 0 Å². The first-order chi connectivity index (χ1) is 8.52. The molecule has 7 heteroatoms. The summed E-state index contributed by atoms with van der Waals surface area (Å²) in [4.78, 5) is 22.2. The van der Waals surface area contributed by atoms with Crippen molar-refractivity contribution in [3.8, 4) is 0 Å². The highest BCUT2D eigenvalue weighted by molar-refractivity contribution is 5.93. The van der Waals surface area contributed by atoms with E-state index in [4.69, 9.17) is 0 Å². The molecule has 1 aromatic carbocycles. The second-order valence-electron chi connectivity index (χ2n) is 3.25. The van der Waals surface area contributed by atoms with Crippen molar-refractivity contribution in [1.82, 2.24) is 5.32 Å². The molecule has 0 aromatic heterocycles. The molecule has 0 heterocycles. The smallest absolute Gasteiger partial charge is 0.407 e. The molecule has 0 aliphatic rings. The zero-order valence-corrected chi connectivity index (χ0v) is 9.63. The van der Waals surface area contributed by atoms with Crippen LogP contribution in [0.25, 0.3) is 0 Å². The van der Waals surface area contributed by atoms with E-state index in [0.29, 0.717) is 6.07 Å². The van der Waals surface area contributed by atoms with Gasteiger partial charge in [0.1, 0.15) is 18.2 Å². The third-order valence-corrected chi connectivity index (χ3v) is 1.87. The molecule has 0 saturated carbocycles. The normalized spacial score (nSPS) is 9.72. The quantitative estimate of drug-likeness (QED) is 0.862. The first kappa shape index (κ1) is 13.9. The van der Waals surface area contributed by atoms with Gasteiger partial charge in [-0.2, -0.15) is 0 Å². The number of carbonyl (C=O) groups is 2. The van der Waals surface area contributed by atoms with Crippen molar-refractivity contribution in [1.29, 1.82) is 0 Å². The van der Waals surface area contributed by atoms with Gasteiger partial charge in [0.2, 0.25) is 5.91 Å². The van der Waals surface area contributed by atoms with Crippen LogP contribution in [0.2, 0.25) is 0 Å². The number of hydrogen-bond acceptors (Lipinski definition) is 3. The molecule has 0 fully saturated rings. The Morgan fingerprint density at radius 1 is 1.33 bits per heavy atom. The van der Waals surface area contributed by atoms with E-state index >= 15 is 0 Å². The summed E-state index contributed by atoms with van der Waals surface area (Å²) in [5.74, 6) is -2.27. The largest absolute Gasteiger partial charge is 0.450 e. The first-order valence-corrected chi connectivity index (χ1v) is 5.18. The molecule has 2 N–H and O–H groups in total. The molecule has 1 aromatic rings. The van der Waals surface area contributed by atoms with Gasteiger partial charge in [0.25, 0.3) is 0 Å². The fourth-order valence-electron chi connectivity index (χ4n) is 1.12. The van der Waals surface area contributed by atoms with Gasteiger partial charge in [-0.3, -0.25) is 4.79 Å². The fraction of sp³-hybridized carbons (Fsp3) is 0.273. The summed E-state index contributed by atoms with van der Waals surface area (Å²) >= 11 is 0. The standard InChI is InChI=1S/C11H12F2N2O3/c1-2-18-11(17)14-6-10(16)15-9-4-3-7(12)5-8(9)13/h3-5H,2,6H2,1H3,(H,14,17)(H,15,16). The van der Waals surface area contributed by atoms with Gasteiger partial charge in [-0.25, -0.2) is 13.6 Å². The zero-order valence-electron chi connectivity index (χ0n) is 9.63. The first-order valence-electron chi connectivity index (χ1n) is 5.18. The lowest BCUT2D eigenvalue weighted by atomic mass is 10.3. The molecule has 0 radical (unpaired) electrons. The van der Waals surface area contributed by atoms with Crippen LogP contribution in [0.1, 0.15) is 6.92 Å². The van der Waals surface area contributed by atoms with Crippen molar-refractivity contribution in [2.24, 2.45) is 0 Å². The Hall–Kier alpha value is -2.18. The molecule has 0 aliphatic heterocycles. The molecule has 0 aliphatic carbocycles. The van der Waals surface area contributed by atoms with Gasteiger partial charge in [-0.05, 0) is 19.1 Å². The van der Waals surface area contributed by atoms with Crippen LogP contribution in [-0.4, -0.2) is 25.2 Å². The van der Waals surface area contributed by atoms with Gasteiger partial charge in [0.05, 0.1) is 12.3 Å². The Morgan fingerprint density at radius 2 is 2.06 bits per heavy atom. The van der Waals surface area contributed by atoms with Crippen molar-refractivity contribution < 1.29 is 23.1 Å². The number of amides is 2. The van der Waals surface area contributed by atoms with E-state index in [9.17, 15) is 18.4 Å². The van der Waals surface area contributed by atoms with Gasteiger partial charge in [-0.15, -0.1) is 0 Å². The number of nitrogens with one attached hydrogen (secondary N) is 2. The van der Waals surface area contributed by atoms with Crippen LogP contribution in [0.4, 0.5) is 19.3 Å². The van der Waals surface area contributed by atoms with E-state index in [2.05, 4.69) is 15.4 Å². The number of alkyl carbamates (subject to hydrolysis) is 1. The number of hydrogen-bond donors (Lipinski definition) is 2. The molecule has 0 bridgehead atoms. The Balaban J connectivity index is 2.47. The number of benzene rings is 1. The summed E-state index contributed by atoms with van der Waals surface area (Å²) in [6.45, 7) is 1.43. The topological polar surface area (TPSA) is 67.4 Å². The number of rotatable bonds is 4. The number of halogens is 2. The molecule has 5 nitrogen and oxygen atoms in total. The maximum atomic E-state index is 13.2. The van der Waals surface area contributed by atoms with E-state index in [-0.39, 0.29) is 18.8 Å². The second kappa shape index (κ2) is 6.53. The molecule has 2 amide bonds. The summed E-state index contributed by atoms with van der Waals surface area (Å²) in [6.07, 6.45) is -0.743. The summed E-state index contributed by atoms with van der Waals surface area (Å²) in [5.41, 5.74) is -0.160. The van der Waals surface area contributed by atoms with E-state index in [1.54, 1.807) is 6.92 Å². The Kier molecular flexibility index (Phi) is 5.04. The van der Waals surface area contributed by atoms with Crippen LogP contribution < -0.4 is 10.6 Å². The third kappa shape index (κ3) is 4.36. The highest BCUT2D eigenvalue weighted by Gasteiger charge is 2.09. The Bertz CT molecular complexity index is 452. The Morgan fingerprint density at radius 3 is 2.67 bits per heavy atom. The maximum absolute atomic E-state index is 13.2. The molecule has 1 rings (SSSR count). The number of carbonyl (C=O) groups excluding carboxylic acids is 2. The second-order valence-corrected chi connectivity index (χ2v) is 3.25. The van der Waals surface area contributed by atoms with Crippen LogP contribution in [0.15, 0.2) is 18.2 Å². The predicted molar refractivity (Wildman–Crippen MR) is 60.0 cm³/mol. The summed E-state index contributed by atoms with van der Waals surface area (Å²) in [6, 6.07) is 2.75. The van der Waals surface area contributed by atoms with Crippen LogP contribution in [-0.2, 0) is 9.53 Å². The average Bonchev–Trinajstić information content (AvgIpc) is 2.31. The minimum atomic E-state index is -0.889. The van der Waals surface area contributed by atoms with Gasteiger partial charge in [0, 0.05) is 6.07 Å². The SMILES string of the molecule is CCOC(=O)NCC(=O)Nc1ccc(F)cc1F. The lowest BCUT2D eigenvalue weighted by Crippen LogP contribution is -2.33. The average molecular weight is 258 g/mol.